The van der Waals surface area contributed by atoms with Crippen LogP contribution in [0.25, 0.3) is 6.08 Å². The molecule has 2 aromatic rings. The van der Waals surface area contributed by atoms with Crippen LogP contribution in [0.1, 0.15) is 15.9 Å². The van der Waals surface area contributed by atoms with Crippen LogP contribution in [0.2, 0.25) is 0 Å². The van der Waals surface area contributed by atoms with Gasteiger partial charge in [-0.3, -0.25) is 14.9 Å². The summed E-state index contributed by atoms with van der Waals surface area (Å²) in [5.41, 5.74) is 0.256. The van der Waals surface area contributed by atoms with Crippen LogP contribution in [-0.4, -0.2) is 16.8 Å². The summed E-state index contributed by atoms with van der Waals surface area (Å²) in [5, 5.41) is 33.2. The van der Waals surface area contributed by atoms with Gasteiger partial charge in [-0.2, -0.15) is 5.26 Å². The number of benzene rings is 2. The Morgan fingerprint density at radius 2 is 1.78 bits per heavy atom. The molecular weight excluding hydrogens is 350 g/mol. The molecule has 0 saturated carbocycles. The zero-order chi connectivity index (χ0) is 19.8. The number of anilines is 1. The maximum Gasteiger partial charge on any atom is 0.276 e. The van der Waals surface area contributed by atoms with Crippen molar-refractivity contribution in [3.8, 4) is 6.07 Å². The van der Waals surface area contributed by atoms with Crippen molar-refractivity contribution >= 4 is 29.3 Å². The number of nitrogens with zero attached hydrogens (tertiary/aromatic N) is 2. The fourth-order valence-corrected chi connectivity index (χ4v) is 2.09. The largest absolute Gasteiger partial charge is 0.545 e. The molecule has 27 heavy (non-hydrogen) atoms. The molecule has 134 valence electrons. The molecule has 8 nitrogen and oxygen atoms in total. The lowest BCUT2D eigenvalue weighted by atomic mass is 10.1. The summed E-state index contributed by atoms with van der Waals surface area (Å²) in [4.78, 5) is 33.2. The molecule has 2 rings (SSSR count). The second-order valence-corrected chi connectivity index (χ2v) is 5.19. The summed E-state index contributed by atoms with van der Waals surface area (Å²) in [6.07, 6.45) is 4.00. The molecule has 0 aliphatic rings. The number of rotatable bonds is 6. The van der Waals surface area contributed by atoms with Gasteiger partial charge in [-0.25, -0.2) is 0 Å². The van der Waals surface area contributed by atoms with Gasteiger partial charge in [0.25, 0.3) is 11.6 Å². The molecule has 0 aromatic heterocycles. The van der Waals surface area contributed by atoms with Gasteiger partial charge in [-0.1, -0.05) is 30.3 Å². The minimum atomic E-state index is -1.34. The van der Waals surface area contributed by atoms with Crippen LogP contribution in [0.4, 0.5) is 11.4 Å². The van der Waals surface area contributed by atoms with E-state index in [9.17, 15) is 24.8 Å². The number of allylic oxidation sites excluding steroid dienone is 2. The number of nitriles is 1. The van der Waals surface area contributed by atoms with E-state index in [1.165, 1.54) is 60.7 Å². The Labute approximate surface area is 153 Å². The second kappa shape index (κ2) is 8.73. The second-order valence-electron chi connectivity index (χ2n) is 5.19. The number of carbonyl (C=O) groups is 2. The average molecular weight is 362 g/mol. The predicted molar refractivity (Wildman–Crippen MR) is 95.2 cm³/mol. The van der Waals surface area contributed by atoms with Gasteiger partial charge in [-0.15, -0.1) is 0 Å². The lowest BCUT2D eigenvalue weighted by Crippen LogP contribution is -2.22. The Bertz CT molecular complexity index is 985. The highest BCUT2D eigenvalue weighted by atomic mass is 16.6. The van der Waals surface area contributed by atoms with Crippen molar-refractivity contribution in [1.29, 1.82) is 5.26 Å². The zero-order valence-electron chi connectivity index (χ0n) is 13.8. The quantitative estimate of drug-likeness (QED) is 0.275. The molecule has 0 aliphatic heterocycles. The first kappa shape index (κ1) is 19.1. The van der Waals surface area contributed by atoms with Gasteiger partial charge in [0.15, 0.2) is 0 Å². The van der Waals surface area contributed by atoms with Crippen LogP contribution in [-0.2, 0) is 4.79 Å². The normalized spacial score (nSPS) is 11.0. The van der Waals surface area contributed by atoms with Gasteiger partial charge in [0.05, 0.1) is 16.5 Å². The van der Waals surface area contributed by atoms with Crippen molar-refractivity contribution in [2.24, 2.45) is 0 Å². The van der Waals surface area contributed by atoms with E-state index in [1.54, 1.807) is 12.1 Å². The monoisotopic (exact) mass is 362 g/mol. The molecule has 0 atom stereocenters. The predicted octanol–water partition coefficient (Wildman–Crippen LogP) is 2.06. The average Bonchev–Trinajstić information content (AvgIpc) is 2.65. The van der Waals surface area contributed by atoms with Crippen molar-refractivity contribution in [3.05, 3.63) is 87.5 Å². The topological polar surface area (TPSA) is 136 Å². The number of aromatic carboxylic acids is 1. The van der Waals surface area contributed by atoms with E-state index in [2.05, 4.69) is 5.32 Å². The van der Waals surface area contributed by atoms with E-state index in [-0.39, 0.29) is 16.8 Å². The van der Waals surface area contributed by atoms with Gasteiger partial charge in [-0.05, 0) is 35.9 Å². The molecule has 0 unspecified atom stereocenters. The van der Waals surface area contributed by atoms with Crippen LogP contribution in [0, 0.1) is 21.4 Å². The number of nitrogens with one attached hydrogen (secondary N) is 1. The molecule has 0 bridgehead atoms. The number of nitro benzene ring substituents is 1. The van der Waals surface area contributed by atoms with Crippen LogP contribution in [0.15, 0.2) is 66.3 Å². The third-order valence-electron chi connectivity index (χ3n) is 3.42. The highest BCUT2D eigenvalue weighted by Crippen LogP contribution is 2.19. The minimum Gasteiger partial charge on any atom is -0.545 e. The molecule has 0 fully saturated rings. The highest BCUT2D eigenvalue weighted by molar-refractivity contribution is 6.07. The molecule has 0 aliphatic carbocycles. The number of hydrogen-bond donors (Lipinski definition) is 1. The van der Waals surface area contributed by atoms with Crippen molar-refractivity contribution in [1.82, 2.24) is 0 Å². The lowest BCUT2D eigenvalue weighted by molar-refractivity contribution is -0.385. The van der Waals surface area contributed by atoms with E-state index >= 15 is 0 Å². The molecule has 8 heteroatoms. The Hall–Kier alpha value is -4.25. The van der Waals surface area contributed by atoms with Crippen LogP contribution in [0.5, 0.6) is 0 Å². The van der Waals surface area contributed by atoms with Crippen molar-refractivity contribution in [2.45, 2.75) is 0 Å². The van der Waals surface area contributed by atoms with Crippen LogP contribution >= 0.6 is 0 Å². The summed E-state index contributed by atoms with van der Waals surface area (Å²) >= 11 is 0. The number of hydrogen-bond acceptors (Lipinski definition) is 6. The standard InChI is InChI=1S/C19H13N3O5/c20-12-15(6-3-5-13-4-1-2-7-17(13)22(26)27)18(23)21-16-10-8-14(9-11-16)19(24)25/h1-11H,(H,21,23)(H,24,25)/p-1/b5-3+,15-6+. The number of carbonyl (C=O) groups excluding carboxylic acids is 2. The van der Waals surface area contributed by atoms with Gasteiger partial charge >= 0.3 is 0 Å². The van der Waals surface area contributed by atoms with Crippen molar-refractivity contribution in [2.75, 3.05) is 5.32 Å². The zero-order valence-corrected chi connectivity index (χ0v) is 13.8. The van der Waals surface area contributed by atoms with E-state index in [1.807, 2.05) is 0 Å². The Morgan fingerprint density at radius 3 is 2.37 bits per heavy atom. The number of carboxylic acids is 1. The molecule has 1 N–H and O–H groups in total. The molecular formula is C19H12N3O5-. The first-order chi connectivity index (χ1) is 12.9. The minimum absolute atomic E-state index is 0.0450. The smallest absolute Gasteiger partial charge is 0.276 e. The Kier molecular flexibility index (Phi) is 6.17. The third-order valence-corrected chi connectivity index (χ3v) is 3.42. The van der Waals surface area contributed by atoms with Crippen LogP contribution in [0.3, 0.4) is 0 Å². The molecule has 0 spiro atoms. The van der Waals surface area contributed by atoms with Gasteiger partial charge in [0.2, 0.25) is 0 Å². The number of amides is 1. The summed E-state index contributed by atoms with van der Waals surface area (Å²) in [6.45, 7) is 0. The molecule has 2 aromatic carbocycles. The number of nitro groups is 1. The maximum absolute atomic E-state index is 12.1. The summed E-state index contributed by atoms with van der Waals surface area (Å²) < 4.78 is 0. The van der Waals surface area contributed by atoms with Gasteiger partial charge < -0.3 is 15.2 Å². The van der Waals surface area contributed by atoms with E-state index in [0.717, 1.165) is 0 Å². The fourth-order valence-electron chi connectivity index (χ4n) is 2.09. The lowest BCUT2D eigenvalue weighted by Gasteiger charge is -2.06. The molecule has 0 heterocycles. The number of para-hydroxylation sites is 1. The van der Waals surface area contributed by atoms with E-state index in [4.69, 9.17) is 5.26 Å². The summed E-state index contributed by atoms with van der Waals surface area (Å²) in [5.74, 6) is -2.04. The molecule has 1 amide bonds. The first-order valence-electron chi connectivity index (χ1n) is 7.57. The first-order valence-corrected chi connectivity index (χ1v) is 7.57. The third kappa shape index (κ3) is 5.11. The van der Waals surface area contributed by atoms with Gasteiger partial charge in [0.1, 0.15) is 11.6 Å². The number of carboxylic acid groups (broad SMARTS) is 1. The van der Waals surface area contributed by atoms with Crippen molar-refractivity contribution in [3.63, 3.8) is 0 Å². The van der Waals surface area contributed by atoms with Crippen LogP contribution < -0.4 is 10.4 Å². The van der Waals surface area contributed by atoms with Gasteiger partial charge in [0, 0.05) is 11.8 Å². The van der Waals surface area contributed by atoms with E-state index in [0.29, 0.717) is 11.3 Å². The Morgan fingerprint density at radius 1 is 1.11 bits per heavy atom. The van der Waals surface area contributed by atoms with E-state index < -0.39 is 16.8 Å². The maximum atomic E-state index is 12.1. The Balaban J connectivity index is 2.14. The molecule has 0 saturated heterocycles. The molecule has 0 radical (unpaired) electrons. The SMILES string of the molecule is N#C/C(=C\C=C\c1ccccc1[N+](=O)[O-])C(=O)Nc1ccc(C(=O)[O-])cc1. The van der Waals surface area contributed by atoms with Crippen molar-refractivity contribution < 1.29 is 19.6 Å². The summed E-state index contributed by atoms with van der Waals surface area (Å²) in [7, 11) is 0. The highest BCUT2D eigenvalue weighted by Gasteiger charge is 2.10. The fraction of sp³-hybridized carbons (Fsp3) is 0. The summed E-state index contributed by atoms with van der Waals surface area (Å²) in [6, 6.07) is 13.0.